The quantitative estimate of drug-likeness (QED) is 0.315. The third-order valence-electron chi connectivity index (χ3n) is 6.33. The first-order chi connectivity index (χ1) is 17.0. The standard InChI is InChI=1S/C28H38N2O5S/c1-8-12-35-17-20-16-28(26(32)33,15-18(2)3)30(23(20)24-29-11-13-36-24)25(31)19-9-10-21(27(4,5)6)22(14-19)34-7/h9-11,13-14,16,18,23H,8,12,15,17H2,1-7H3,(H,32,33)/t23-,28+/m1/s1. The zero-order valence-electron chi connectivity index (χ0n) is 22.3. The number of carboxylic acid groups (broad SMARTS) is 1. The van der Waals surface area contributed by atoms with Gasteiger partial charge in [-0.2, -0.15) is 0 Å². The number of carbonyl (C=O) groups is 2. The topological polar surface area (TPSA) is 89.0 Å². The number of carboxylic acids is 1. The molecule has 1 N–H and O–H groups in total. The Labute approximate surface area is 218 Å². The van der Waals surface area contributed by atoms with Crippen LogP contribution in [0.4, 0.5) is 0 Å². The molecule has 3 rings (SSSR count). The van der Waals surface area contributed by atoms with Crippen LogP contribution in [0.1, 0.15) is 81.4 Å². The summed E-state index contributed by atoms with van der Waals surface area (Å²) in [5.41, 5.74) is 0.381. The second-order valence-electron chi connectivity index (χ2n) is 10.7. The molecule has 1 amide bonds. The molecule has 0 spiro atoms. The van der Waals surface area contributed by atoms with Gasteiger partial charge < -0.3 is 19.5 Å². The van der Waals surface area contributed by atoms with Crippen molar-refractivity contribution >= 4 is 23.2 Å². The zero-order valence-corrected chi connectivity index (χ0v) is 23.1. The largest absolute Gasteiger partial charge is 0.496 e. The first-order valence-electron chi connectivity index (χ1n) is 12.4. The van der Waals surface area contributed by atoms with Crippen LogP contribution in [0.3, 0.4) is 0 Å². The van der Waals surface area contributed by atoms with Gasteiger partial charge in [-0.1, -0.05) is 47.6 Å². The monoisotopic (exact) mass is 514 g/mol. The first-order valence-corrected chi connectivity index (χ1v) is 13.3. The van der Waals surface area contributed by atoms with Crippen molar-refractivity contribution in [2.45, 2.75) is 71.4 Å². The Kier molecular flexibility index (Phi) is 8.62. The minimum absolute atomic E-state index is 0.0262. The summed E-state index contributed by atoms with van der Waals surface area (Å²) >= 11 is 1.41. The van der Waals surface area contributed by atoms with Gasteiger partial charge in [0.1, 0.15) is 16.8 Å². The van der Waals surface area contributed by atoms with Crippen LogP contribution in [0.5, 0.6) is 5.75 Å². The van der Waals surface area contributed by atoms with Gasteiger partial charge in [0.25, 0.3) is 5.91 Å². The molecule has 1 aliphatic heterocycles. The summed E-state index contributed by atoms with van der Waals surface area (Å²) < 4.78 is 11.5. The number of thiazole rings is 1. The maximum atomic E-state index is 14.3. The summed E-state index contributed by atoms with van der Waals surface area (Å²) in [7, 11) is 1.58. The van der Waals surface area contributed by atoms with E-state index in [2.05, 4.69) is 25.8 Å². The van der Waals surface area contributed by atoms with Gasteiger partial charge >= 0.3 is 5.97 Å². The van der Waals surface area contributed by atoms with E-state index in [1.165, 1.54) is 16.2 Å². The summed E-state index contributed by atoms with van der Waals surface area (Å²) in [5.74, 6) is -0.811. The van der Waals surface area contributed by atoms with Gasteiger partial charge in [-0.15, -0.1) is 11.3 Å². The highest BCUT2D eigenvalue weighted by molar-refractivity contribution is 7.09. The summed E-state index contributed by atoms with van der Waals surface area (Å²) in [6.45, 7) is 13.0. The van der Waals surface area contributed by atoms with Crippen molar-refractivity contribution < 1.29 is 24.2 Å². The molecule has 2 heterocycles. The van der Waals surface area contributed by atoms with E-state index in [-0.39, 0.29) is 30.3 Å². The summed E-state index contributed by atoms with van der Waals surface area (Å²) in [6, 6.07) is 4.75. The number of aromatic nitrogens is 1. The van der Waals surface area contributed by atoms with E-state index in [9.17, 15) is 14.7 Å². The van der Waals surface area contributed by atoms with Gasteiger partial charge in [0.05, 0.1) is 13.7 Å². The molecule has 0 saturated carbocycles. The van der Waals surface area contributed by atoms with Crippen LogP contribution in [0.15, 0.2) is 41.4 Å². The fourth-order valence-electron chi connectivity index (χ4n) is 4.86. The number of benzene rings is 1. The molecule has 0 aliphatic carbocycles. The second-order valence-corrected chi connectivity index (χ2v) is 11.6. The molecule has 1 aromatic heterocycles. The summed E-state index contributed by atoms with van der Waals surface area (Å²) in [6.07, 6.45) is 4.52. The molecule has 0 bridgehead atoms. The number of hydrogen-bond acceptors (Lipinski definition) is 6. The Morgan fingerprint density at radius 2 is 2.00 bits per heavy atom. The van der Waals surface area contributed by atoms with Crippen LogP contribution in [0.25, 0.3) is 0 Å². The van der Waals surface area contributed by atoms with Crippen molar-refractivity contribution in [2.24, 2.45) is 5.92 Å². The maximum Gasteiger partial charge on any atom is 0.333 e. The molecular formula is C28H38N2O5S. The molecule has 0 saturated heterocycles. The highest BCUT2D eigenvalue weighted by Gasteiger charge is 2.55. The molecule has 2 atom stereocenters. The SMILES string of the molecule is CCCOCC1=C[C@@](CC(C)C)(C(=O)O)N(C(=O)c2ccc(C(C)(C)C)c(OC)c2)[C@H]1c1nccs1. The highest BCUT2D eigenvalue weighted by Crippen LogP contribution is 2.47. The van der Waals surface area contributed by atoms with E-state index in [0.717, 1.165) is 17.6 Å². The average molecular weight is 515 g/mol. The fraction of sp³-hybridized carbons (Fsp3) is 0.536. The molecule has 1 aliphatic rings. The Morgan fingerprint density at radius 3 is 2.53 bits per heavy atom. The lowest BCUT2D eigenvalue weighted by Crippen LogP contribution is -2.54. The third kappa shape index (κ3) is 5.49. The number of methoxy groups -OCH3 is 1. The molecule has 36 heavy (non-hydrogen) atoms. The van der Waals surface area contributed by atoms with Crippen LogP contribution >= 0.6 is 11.3 Å². The number of hydrogen-bond donors (Lipinski definition) is 1. The van der Waals surface area contributed by atoms with Crippen molar-refractivity contribution in [1.82, 2.24) is 9.88 Å². The zero-order chi connectivity index (χ0) is 26.7. The van der Waals surface area contributed by atoms with Crippen molar-refractivity contribution in [3.63, 3.8) is 0 Å². The van der Waals surface area contributed by atoms with Crippen molar-refractivity contribution in [3.8, 4) is 5.75 Å². The van der Waals surface area contributed by atoms with E-state index in [1.54, 1.807) is 31.5 Å². The lowest BCUT2D eigenvalue weighted by molar-refractivity contribution is -0.147. The van der Waals surface area contributed by atoms with Crippen LogP contribution in [0.2, 0.25) is 0 Å². The number of nitrogens with zero attached hydrogens (tertiary/aromatic N) is 2. The van der Waals surface area contributed by atoms with Crippen LogP contribution < -0.4 is 4.74 Å². The first kappa shape index (κ1) is 27.9. The lowest BCUT2D eigenvalue weighted by Gasteiger charge is -2.39. The molecule has 0 unspecified atom stereocenters. The van der Waals surface area contributed by atoms with Gasteiger partial charge in [0.15, 0.2) is 5.54 Å². The molecule has 0 radical (unpaired) electrons. The van der Waals surface area contributed by atoms with Gasteiger partial charge in [-0.25, -0.2) is 9.78 Å². The third-order valence-corrected chi connectivity index (χ3v) is 7.16. The smallest absolute Gasteiger partial charge is 0.333 e. The Bertz CT molecular complexity index is 1100. The van der Waals surface area contributed by atoms with E-state index in [1.807, 2.05) is 32.2 Å². The minimum Gasteiger partial charge on any atom is -0.496 e. The van der Waals surface area contributed by atoms with Crippen molar-refractivity contribution in [2.75, 3.05) is 20.3 Å². The van der Waals surface area contributed by atoms with E-state index in [4.69, 9.17) is 9.47 Å². The Morgan fingerprint density at radius 1 is 1.28 bits per heavy atom. The number of ether oxygens (including phenoxy) is 2. The fourth-order valence-corrected chi connectivity index (χ4v) is 5.63. The molecule has 196 valence electrons. The van der Waals surface area contributed by atoms with Gasteiger partial charge in [-0.3, -0.25) is 4.79 Å². The molecule has 0 fully saturated rings. The van der Waals surface area contributed by atoms with Crippen molar-refractivity contribution in [1.29, 1.82) is 0 Å². The number of carbonyl (C=O) groups excluding carboxylic acids is 1. The van der Waals surface area contributed by atoms with Crippen LogP contribution in [0, 0.1) is 5.92 Å². The van der Waals surface area contributed by atoms with Crippen molar-refractivity contribution in [3.05, 3.63) is 57.6 Å². The predicted molar refractivity (Wildman–Crippen MR) is 142 cm³/mol. The van der Waals surface area contributed by atoms with E-state index >= 15 is 0 Å². The predicted octanol–water partition coefficient (Wildman–Crippen LogP) is 5.87. The molecular weight excluding hydrogens is 476 g/mol. The molecule has 2 aromatic rings. The maximum absolute atomic E-state index is 14.3. The van der Waals surface area contributed by atoms with Gasteiger partial charge in [-0.05, 0) is 53.5 Å². The van der Waals surface area contributed by atoms with Gasteiger partial charge in [0.2, 0.25) is 0 Å². The highest BCUT2D eigenvalue weighted by atomic mass is 32.1. The summed E-state index contributed by atoms with van der Waals surface area (Å²) in [5, 5.41) is 13.1. The Balaban J connectivity index is 2.19. The van der Waals surface area contributed by atoms with Crippen LogP contribution in [-0.4, -0.2) is 52.7 Å². The average Bonchev–Trinajstić information content (AvgIpc) is 3.44. The number of aliphatic carboxylic acids is 1. The van der Waals surface area contributed by atoms with Gasteiger partial charge in [0, 0.05) is 23.7 Å². The second kappa shape index (κ2) is 11.1. The van der Waals surface area contributed by atoms with E-state index in [0.29, 0.717) is 22.9 Å². The van der Waals surface area contributed by atoms with Crippen LogP contribution in [-0.2, 0) is 14.9 Å². The normalized spacial score (nSPS) is 20.1. The molecule has 1 aromatic carbocycles. The lowest BCUT2D eigenvalue weighted by atomic mass is 9.85. The number of amides is 1. The summed E-state index contributed by atoms with van der Waals surface area (Å²) in [4.78, 5) is 33.3. The number of rotatable bonds is 10. The van der Waals surface area contributed by atoms with E-state index < -0.39 is 17.6 Å². The molecule has 7 nitrogen and oxygen atoms in total. The molecule has 8 heteroatoms. The Hall–Kier alpha value is -2.71. The minimum atomic E-state index is -1.53.